The summed E-state index contributed by atoms with van der Waals surface area (Å²) in [6.45, 7) is 4.69. The van der Waals surface area contributed by atoms with E-state index in [0.717, 1.165) is 6.42 Å². The molecule has 78 valence electrons. The lowest BCUT2D eigenvalue weighted by Gasteiger charge is -2.23. The molecule has 1 aromatic carbocycles. The van der Waals surface area contributed by atoms with Crippen molar-refractivity contribution in [3.05, 3.63) is 35.4 Å². The molecule has 0 aliphatic rings. The predicted octanol–water partition coefficient (Wildman–Crippen LogP) is 1.90. The van der Waals surface area contributed by atoms with Crippen LogP contribution in [0.25, 0.3) is 0 Å². The van der Waals surface area contributed by atoms with E-state index in [2.05, 4.69) is 31.2 Å². The van der Waals surface area contributed by atoms with E-state index in [1.54, 1.807) is 7.11 Å². The van der Waals surface area contributed by atoms with E-state index < -0.39 is 0 Å². The Kier molecular flexibility index (Phi) is 3.67. The van der Waals surface area contributed by atoms with Crippen molar-refractivity contribution in [3.63, 3.8) is 0 Å². The molecule has 1 aromatic rings. The van der Waals surface area contributed by atoms with Crippen molar-refractivity contribution in [2.45, 2.75) is 25.8 Å². The summed E-state index contributed by atoms with van der Waals surface area (Å²) in [5, 5.41) is 0. The number of aryl methyl sites for hydroxylation is 1. The third-order valence-corrected chi connectivity index (χ3v) is 2.16. The number of hydrogen-bond acceptors (Lipinski definition) is 2. The molecule has 0 amide bonds. The molecule has 0 heterocycles. The minimum absolute atomic E-state index is 0.275. The molecular formula is C12H19NO. The van der Waals surface area contributed by atoms with Crippen molar-refractivity contribution in [1.82, 2.24) is 0 Å². The smallest absolute Gasteiger partial charge is 0.0642 e. The average Bonchev–Trinajstić information content (AvgIpc) is 2.02. The fourth-order valence-electron chi connectivity index (χ4n) is 1.67. The maximum atomic E-state index is 6.08. The van der Waals surface area contributed by atoms with Gasteiger partial charge in [0.05, 0.1) is 6.61 Å². The largest absolute Gasteiger partial charge is 0.383 e. The molecule has 0 aliphatic heterocycles. The van der Waals surface area contributed by atoms with Crippen LogP contribution >= 0.6 is 0 Å². The number of rotatable bonds is 4. The predicted molar refractivity (Wildman–Crippen MR) is 59.4 cm³/mol. The van der Waals surface area contributed by atoms with Crippen molar-refractivity contribution >= 4 is 0 Å². The summed E-state index contributed by atoms with van der Waals surface area (Å²) in [5.41, 5.74) is 8.35. The van der Waals surface area contributed by atoms with Crippen molar-refractivity contribution in [2.75, 3.05) is 13.7 Å². The van der Waals surface area contributed by atoms with Crippen molar-refractivity contribution in [1.29, 1.82) is 0 Å². The maximum absolute atomic E-state index is 6.08. The number of hydrogen-bond donors (Lipinski definition) is 1. The van der Waals surface area contributed by atoms with Gasteiger partial charge in [0.2, 0.25) is 0 Å². The summed E-state index contributed by atoms with van der Waals surface area (Å²) in [4.78, 5) is 0. The molecule has 2 heteroatoms. The Morgan fingerprint density at radius 1 is 1.43 bits per heavy atom. The fraction of sp³-hybridized carbons (Fsp3) is 0.500. The lowest BCUT2D eigenvalue weighted by atomic mass is 9.94. The van der Waals surface area contributed by atoms with Crippen LogP contribution in [0, 0.1) is 6.92 Å². The lowest BCUT2D eigenvalue weighted by molar-refractivity contribution is 0.141. The zero-order valence-corrected chi connectivity index (χ0v) is 9.21. The van der Waals surface area contributed by atoms with Crippen LogP contribution in [0.1, 0.15) is 18.1 Å². The van der Waals surface area contributed by atoms with Crippen LogP contribution in [-0.4, -0.2) is 19.3 Å². The highest BCUT2D eigenvalue weighted by molar-refractivity contribution is 5.23. The molecule has 1 rings (SSSR count). The second-order valence-electron chi connectivity index (χ2n) is 4.25. The lowest BCUT2D eigenvalue weighted by Crippen LogP contribution is -2.43. The average molecular weight is 193 g/mol. The summed E-state index contributed by atoms with van der Waals surface area (Å²) >= 11 is 0. The number of ether oxygens (including phenoxy) is 1. The minimum Gasteiger partial charge on any atom is -0.383 e. The molecule has 0 aromatic heterocycles. The highest BCUT2D eigenvalue weighted by Crippen LogP contribution is 2.12. The first-order chi connectivity index (χ1) is 6.53. The quantitative estimate of drug-likeness (QED) is 0.792. The van der Waals surface area contributed by atoms with Crippen LogP contribution in [0.2, 0.25) is 0 Å². The molecule has 14 heavy (non-hydrogen) atoms. The molecule has 0 bridgehead atoms. The van der Waals surface area contributed by atoms with Gasteiger partial charge in [-0.3, -0.25) is 0 Å². The van der Waals surface area contributed by atoms with Gasteiger partial charge in [-0.2, -0.15) is 0 Å². The first kappa shape index (κ1) is 11.2. The zero-order valence-electron chi connectivity index (χ0n) is 9.21. The molecule has 2 N–H and O–H groups in total. The van der Waals surface area contributed by atoms with E-state index >= 15 is 0 Å². The Labute approximate surface area is 86.1 Å². The van der Waals surface area contributed by atoms with Crippen LogP contribution < -0.4 is 5.73 Å². The Hall–Kier alpha value is -0.860. The first-order valence-electron chi connectivity index (χ1n) is 4.87. The summed E-state index contributed by atoms with van der Waals surface area (Å²) in [6.07, 6.45) is 0.850. The van der Waals surface area contributed by atoms with Gasteiger partial charge in [-0.05, 0) is 25.8 Å². The highest BCUT2D eigenvalue weighted by Gasteiger charge is 2.18. The second kappa shape index (κ2) is 4.58. The topological polar surface area (TPSA) is 35.2 Å². The number of benzene rings is 1. The van der Waals surface area contributed by atoms with Crippen molar-refractivity contribution < 1.29 is 4.74 Å². The van der Waals surface area contributed by atoms with Crippen molar-refractivity contribution in [2.24, 2.45) is 5.73 Å². The van der Waals surface area contributed by atoms with Crippen LogP contribution in [0.15, 0.2) is 24.3 Å². The summed E-state index contributed by atoms with van der Waals surface area (Å²) in [6, 6.07) is 8.43. The highest BCUT2D eigenvalue weighted by atomic mass is 16.5. The van der Waals surface area contributed by atoms with E-state index in [9.17, 15) is 0 Å². The van der Waals surface area contributed by atoms with Gasteiger partial charge in [0.1, 0.15) is 0 Å². The normalized spacial score (nSPS) is 15.1. The van der Waals surface area contributed by atoms with Gasteiger partial charge in [0, 0.05) is 12.6 Å². The van der Waals surface area contributed by atoms with Crippen molar-refractivity contribution in [3.8, 4) is 0 Å². The standard InChI is InChI=1S/C12H19NO/c1-10-5-4-6-11(7-10)8-12(2,13)9-14-3/h4-7H,8-9,13H2,1-3H3. The molecular weight excluding hydrogens is 174 g/mol. The third kappa shape index (κ3) is 3.48. The number of methoxy groups -OCH3 is 1. The van der Waals surface area contributed by atoms with E-state index in [0.29, 0.717) is 6.61 Å². The minimum atomic E-state index is -0.275. The monoisotopic (exact) mass is 193 g/mol. The Bertz CT molecular complexity index is 294. The fourth-order valence-corrected chi connectivity index (χ4v) is 1.67. The van der Waals surface area contributed by atoms with Crippen LogP contribution in [0.3, 0.4) is 0 Å². The maximum Gasteiger partial charge on any atom is 0.0642 e. The van der Waals surface area contributed by atoms with E-state index in [1.807, 2.05) is 6.92 Å². The van der Waals surface area contributed by atoms with Gasteiger partial charge in [0.25, 0.3) is 0 Å². The second-order valence-corrected chi connectivity index (χ2v) is 4.25. The molecule has 2 nitrogen and oxygen atoms in total. The van der Waals surface area contributed by atoms with E-state index in [-0.39, 0.29) is 5.54 Å². The molecule has 0 spiro atoms. The van der Waals surface area contributed by atoms with Gasteiger partial charge in [-0.25, -0.2) is 0 Å². The van der Waals surface area contributed by atoms with Crippen LogP contribution in [-0.2, 0) is 11.2 Å². The Balaban J connectivity index is 2.68. The van der Waals surface area contributed by atoms with Gasteiger partial charge < -0.3 is 10.5 Å². The molecule has 0 aliphatic carbocycles. The summed E-state index contributed by atoms with van der Waals surface area (Å²) in [7, 11) is 1.68. The summed E-state index contributed by atoms with van der Waals surface area (Å²) in [5.74, 6) is 0. The molecule has 1 unspecified atom stereocenters. The molecule has 0 radical (unpaired) electrons. The van der Waals surface area contributed by atoms with Gasteiger partial charge >= 0.3 is 0 Å². The summed E-state index contributed by atoms with van der Waals surface area (Å²) < 4.78 is 5.08. The molecule has 0 fully saturated rings. The Morgan fingerprint density at radius 2 is 2.14 bits per heavy atom. The zero-order chi connectivity index (χ0) is 10.6. The van der Waals surface area contributed by atoms with Crippen LogP contribution in [0.5, 0.6) is 0 Å². The van der Waals surface area contributed by atoms with Crippen LogP contribution in [0.4, 0.5) is 0 Å². The van der Waals surface area contributed by atoms with Gasteiger partial charge in [-0.1, -0.05) is 29.8 Å². The van der Waals surface area contributed by atoms with E-state index in [1.165, 1.54) is 11.1 Å². The Morgan fingerprint density at radius 3 is 2.71 bits per heavy atom. The molecule has 1 atom stereocenters. The SMILES string of the molecule is COCC(C)(N)Cc1cccc(C)c1. The molecule has 0 saturated heterocycles. The number of nitrogens with two attached hydrogens (primary N) is 1. The van der Waals surface area contributed by atoms with E-state index in [4.69, 9.17) is 10.5 Å². The van der Waals surface area contributed by atoms with Gasteiger partial charge in [0.15, 0.2) is 0 Å². The first-order valence-corrected chi connectivity index (χ1v) is 4.87. The third-order valence-electron chi connectivity index (χ3n) is 2.16. The van der Waals surface area contributed by atoms with Gasteiger partial charge in [-0.15, -0.1) is 0 Å². The molecule has 0 saturated carbocycles.